The molecule has 0 atom stereocenters. The number of aryl methyl sites for hydroxylation is 1. The number of nitrogens with zero attached hydrogens (tertiary/aromatic N) is 3. The summed E-state index contributed by atoms with van der Waals surface area (Å²) in [6.45, 7) is 1.84. The Bertz CT molecular complexity index is 878. The minimum atomic E-state index is -0.474. The normalized spacial score (nSPS) is 10.2. The number of aromatic nitrogens is 3. The molecule has 0 unspecified atom stereocenters. The van der Waals surface area contributed by atoms with E-state index in [1.807, 2.05) is 6.92 Å². The van der Waals surface area contributed by atoms with Crippen LogP contribution in [0.3, 0.4) is 0 Å². The minimum Gasteiger partial charge on any atom is -0.454 e. The number of ether oxygens (including phenoxy) is 1. The molecule has 0 saturated heterocycles. The Morgan fingerprint density at radius 1 is 1.17 bits per heavy atom. The summed E-state index contributed by atoms with van der Waals surface area (Å²) >= 11 is 0. The van der Waals surface area contributed by atoms with Crippen molar-refractivity contribution in [1.82, 2.24) is 15.0 Å². The maximum absolute atomic E-state index is 13.2. The van der Waals surface area contributed by atoms with Crippen LogP contribution in [0.5, 0.6) is 11.5 Å². The van der Waals surface area contributed by atoms with Crippen molar-refractivity contribution in [2.45, 2.75) is 6.92 Å². The molecule has 3 aromatic rings. The van der Waals surface area contributed by atoms with Crippen LogP contribution < -0.4 is 10.1 Å². The van der Waals surface area contributed by atoms with Crippen LogP contribution >= 0.6 is 0 Å². The van der Waals surface area contributed by atoms with E-state index in [-0.39, 0.29) is 7.24 Å². The van der Waals surface area contributed by atoms with Gasteiger partial charge in [-0.2, -0.15) is 0 Å². The van der Waals surface area contributed by atoms with Crippen LogP contribution in [0, 0.1) is 12.7 Å². The molecule has 0 aliphatic heterocycles. The Balaban J connectivity index is 0.00000225. The second-order valence-corrected chi connectivity index (χ2v) is 5.02. The van der Waals surface area contributed by atoms with Crippen molar-refractivity contribution < 1.29 is 15.3 Å². The number of pyridine rings is 1. The van der Waals surface area contributed by atoms with Crippen molar-refractivity contribution in [2.75, 3.05) is 5.32 Å². The molecular formula is C17H15FN4O2. The summed E-state index contributed by atoms with van der Waals surface area (Å²) in [5.74, 6) is 0.187. The van der Waals surface area contributed by atoms with Gasteiger partial charge in [0.1, 0.15) is 23.7 Å². The predicted molar refractivity (Wildman–Crippen MR) is 87.5 cm³/mol. The number of hydrogen-bond donors (Lipinski definition) is 1. The second kappa shape index (κ2) is 6.82. The number of hydrogen-bond acceptors (Lipinski definition) is 5. The van der Waals surface area contributed by atoms with Gasteiger partial charge in [-0.05, 0) is 36.8 Å². The Morgan fingerprint density at radius 3 is 2.71 bits per heavy atom. The topological polar surface area (TPSA) is 77.0 Å². The highest BCUT2D eigenvalue weighted by molar-refractivity contribution is 6.04. The van der Waals surface area contributed by atoms with Gasteiger partial charge in [-0.15, -0.1) is 0 Å². The second-order valence-electron chi connectivity index (χ2n) is 5.02. The third-order valence-electron chi connectivity index (χ3n) is 3.05. The number of rotatable bonds is 4. The minimum absolute atomic E-state index is 0. The molecule has 1 aromatic carbocycles. The van der Waals surface area contributed by atoms with Gasteiger partial charge < -0.3 is 10.1 Å². The Kier molecular flexibility index (Phi) is 4.42. The number of carbonyl (C=O) groups excluding carboxylic acids is 1. The SMILES string of the molecule is Cc1cc(Oc2cncnc2)cc(C(=O)Nc2cc(F)ccn2)c1.[HH]. The molecule has 6 nitrogen and oxygen atoms in total. The van der Waals surface area contributed by atoms with Gasteiger partial charge in [0.2, 0.25) is 0 Å². The lowest BCUT2D eigenvalue weighted by Gasteiger charge is -2.09. The Hall–Kier alpha value is -3.35. The van der Waals surface area contributed by atoms with Crippen molar-refractivity contribution in [3.8, 4) is 11.5 Å². The number of anilines is 1. The highest BCUT2D eigenvalue weighted by Gasteiger charge is 2.10. The maximum Gasteiger partial charge on any atom is 0.256 e. The van der Waals surface area contributed by atoms with E-state index in [1.165, 1.54) is 31.0 Å². The van der Waals surface area contributed by atoms with Crippen LogP contribution in [0.4, 0.5) is 10.2 Å². The first kappa shape index (κ1) is 15.5. The monoisotopic (exact) mass is 326 g/mol. The fourth-order valence-corrected chi connectivity index (χ4v) is 2.07. The lowest BCUT2D eigenvalue weighted by molar-refractivity contribution is 0.102. The summed E-state index contributed by atoms with van der Waals surface area (Å²) in [7, 11) is 0. The molecule has 0 spiro atoms. The molecule has 24 heavy (non-hydrogen) atoms. The van der Waals surface area contributed by atoms with Crippen LogP contribution in [-0.2, 0) is 0 Å². The van der Waals surface area contributed by atoms with Crippen molar-refractivity contribution in [1.29, 1.82) is 0 Å². The predicted octanol–water partition coefficient (Wildman–Crippen LogP) is 3.61. The first-order chi connectivity index (χ1) is 11.6. The number of halogens is 1. The molecule has 0 bridgehead atoms. The van der Waals surface area contributed by atoms with Gasteiger partial charge in [0.25, 0.3) is 5.91 Å². The Morgan fingerprint density at radius 2 is 1.96 bits per heavy atom. The molecule has 2 aromatic heterocycles. The van der Waals surface area contributed by atoms with E-state index >= 15 is 0 Å². The molecule has 3 rings (SSSR count). The van der Waals surface area contributed by atoms with Crippen LogP contribution in [0.2, 0.25) is 0 Å². The number of amides is 1. The standard InChI is InChI=1S/C17H13FN4O2.H2/c1-11-4-12(17(23)22-16-7-13(18)2-3-21-16)6-14(5-11)24-15-8-19-10-20-9-15;/h2-10H,1H3,(H,21,22,23);1H. The summed E-state index contributed by atoms with van der Waals surface area (Å²) in [5, 5.41) is 2.55. The molecule has 2 heterocycles. The smallest absolute Gasteiger partial charge is 0.256 e. The summed E-state index contributed by atoms with van der Waals surface area (Å²) in [4.78, 5) is 24.0. The van der Waals surface area contributed by atoms with Gasteiger partial charge >= 0.3 is 0 Å². The van der Waals surface area contributed by atoms with E-state index < -0.39 is 11.7 Å². The van der Waals surface area contributed by atoms with Gasteiger partial charge in [0, 0.05) is 19.3 Å². The maximum atomic E-state index is 13.2. The summed E-state index contributed by atoms with van der Waals surface area (Å²) < 4.78 is 18.8. The fourth-order valence-electron chi connectivity index (χ4n) is 2.07. The lowest BCUT2D eigenvalue weighted by atomic mass is 10.1. The summed E-state index contributed by atoms with van der Waals surface area (Å²) in [6, 6.07) is 7.41. The van der Waals surface area contributed by atoms with E-state index in [1.54, 1.807) is 18.2 Å². The highest BCUT2D eigenvalue weighted by atomic mass is 19.1. The molecule has 0 aliphatic rings. The van der Waals surface area contributed by atoms with Gasteiger partial charge in [0.15, 0.2) is 5.75 Å². The van der Waals surface area contributed by atoms with Crippen molar-refractivity contribution in [3.05, 3.63) is 72.2 Å². The van der Waals surface area contributed by atoms with Gasteiger partial charge in [-0.3, -0.25) is 4.79 Å². The molecule has 122 valence electrons. The fraction of sp³-hybridized carbons (Fsp3) is 0.0588. The van der Waals surface area contributed by atoms with Gasteiger partial charge in [-0.25, -0.2) is 19.3 Å². The molecule has 1 amide bonds. The Labute approximate surface area is 138 Å². The molecule has 0 fully saturated rings. The van der Waals surface area contributed by atoms with E-state index in [2.05, 4.69) is 20.3 Å². The quantitative estimate of drug-likeness (QED) is 0.792. The molecule has 7 heteroatoms. The van der Waals surface area contributed by atoms with E-state index in [4.69, 9.17) is 4.74 Å². The van der Waals surface area contributed by atoms with Crippen LogP contribution in [0.15, 0.2) is 55.2 Å². The number of benzene rings is 1. The van der Waals surface area contributed by atoms with Crippen molar-refractivity contribution in [2.24, 2.45) is 0 Å². The zero-order valence-electron chi connectivity index (χ0n) is 12.7. The molecule has 0 aliphatic carbocycles. The highest BCUT2D eigenvalue weighted by Crippen LogP contribution is 2.23. The van der Waals surface area contributed by atoms with E-state index in [0.717, 1.165) is 11.6 Å². The van der Waals surface area contributed by atoms with E-state index in [0.29, 0.717) is 17.1 Å². The molecule has 1 N–H and O–H groups in total. The number of nitrogens with one attached hydrogen (secondary N) is 1. The van der Waals surface area contributed by atoms with Crippen LogP contribution in [-0.4, -0.2) is 20.9 Å². The molecular weight excluding hydrogens is 311 g/mol. The first-order valence-electron chi connectivity index (χ1n) is 7.07. The summed E-state index contributed by atoms with van der Waals surface area (Å²) in [6.07, 6.45) is 5.72. The average molecular weight is 326 g/mol. The van der Waals surface area contributed by atoms with Crippen LogP contribution in [0.25, 0.3) is 0 Å². The van der Waals surface area contributed by atoms with Gasteiger partial charge in [0.05, 0.1) is 12.4 Å². The van der Waals surface area contributed by atoms with Crippen molar-refractivity contribution in [3.63, 3.8) is 0 Å². The van der Waals surface area contributed by atoms with Crippen LogP contribution in [0.1, 0.15) is 17.3 Å². The number of carbonyl (C=O) groups is 1. The summed E-state index contributed by atoms with van der Waals surface area (Å²) in [5.41, 5.74) is 1.20. The van der Waals surface area contributed by atoms with Crippen molar-refractivity contribution >= 4 is 11.7 Å². The zero-order chi connectivity index (χ0) is 16.9. The zero-order valence-corrected chi connectivity index (χ0v) is 12.7. The van der Waals surface area contributed by atoms with E-state index in [9.17, 15) is 9.18 Å². The average Bonchev–Trinajstić information content (AvgIpc) is 2.55. The molecule has 0 radical (unpaired) electrons. The van der Waals surface area contributed by atoms with Gasteiger partial charge in [-0.1, -0.05) is 0 Å². The third kappa shape index (κ3) is 3.89. The lowest BCUT2D eigenvalue weighted by Crippen LogP contribution is -2.13. The molecule has 0 saturated carbocycles. The third-order valence-corrected chi connectivity index (χ3v) is 3.05. The first-order valence-corrected chi connectivity index (χ1v) is 7.07. The largest absolute Gasteiger partial charge is 0.454 e.